The fourth-order valence-corrected chi connectivity index (χ4v) is 8.26. The van der Waals surface area contributed by atoms with Crippen LogP contribution in [0.5, 0.6) is 5.75 Å². The third-order valence-electron chi connectivity index (χ3n) is 7.47. The second-order valence-electron chi connectivity index (χ2n) is 10.4. The van der Waals surface area contributed by atoms with E-state index in [0.29, 0.717) is 18.7 Å². The summed E-state index contributed by atoms with van der Waals surface area (Å²) in [4.78, 5) is 42.7. The van der Waals surface area contributed by atoms with Crippen LogP contribution in [0.15, 0.2) is 24.3 Å². The number of hydrogen-bond donors (Lipinski definition) is 3. The van der Waals surface area contributed by atoms with Gasteiger partial charge in [0.05, 0.1) is 35.8 Å². The molecule has 2 unspecified atom stereocenters. The molecule has 4 rings (SSSR count). The number of fused-ring (bicyclic) bond motifs is 1. The molecule has 3 aliphatic heterocycles. The first-order valence-electron chi connectivity index (χ1n) is 12.6. The molecule has 3 fully saturated rings. The van der Waals surface area contributed by atoms with Crippen LogP contribution in [0.3, 0.4) is 0 Å². The Morgan fingerprint density at radius 1 is 1.20 bits per heavy atom. The number of nitrogens with zero attached hydrogens (tertiary/aromatic N) is 1. The van der Waals surface area contributed by atoms with Gasteiger partial charge in [-0.05, 0) is 63.8 Å². The standard InChI is InChI=1S/C26H37N3O5S/c1-6-34-17-9-7-16(8-10-17)28-23(31)20-19-11-12-26(35-19)21(20)25(33)29(18(13-30)14(2)3)22(26)24(32)27-15(4)5/h7-10,14-15,18-22,30H,6,11-13H2,1-5H3,(H,27,32)(H,28,31)/t18-,19+,20-,21-,22?,26?/m0/s1. The topological polar surface area (TPSA) is 108 Å². The van der Waals surface area contributed by atoms with Gasteiger partial charge < -0.3 is 25.4 Å². The summed E-state index contributed by atoms with van der Waals surface area (Å²) in [5, 5.41) is 16.2. The average molecular weight is 504 g/mol. The Bertz CT molecular complexity index is 968. The highest BCUT2D eigenvalue weighted by Crippen LogP contribution is 2.66. The van der Waals surface area contributed by atoms with Crippen LogP contribution >= 0.6 is 11.8 Å². The SMILES string of the molecule is CCOc1ccc(NC(=O)[C@@H]2[C@H]3C(=O)N([C@@H](CO)C(C)C)C(C(=O)NC(C)C)C34CC[C@H]2S4)cc1. The third-order valence-corrected chi connectivity index (χ3v) is 9.42. The number of aliphatic hydroxyl groups is 1. The second kappa shape index (κ2) is 10.0. The Hall–Kier alpha value is -2.26. The molecule has 9 heteroatoms. The Morgan fingerprint density at radius 2 is 1.89 bits per heavy atom. The van der Waals surface area contributed by atoms with Gasteiger partial charge in [-0.25, -0.2) is 0 Å². The summed E-state index contributed by atoms with van der Waals surface area (Å²) in [6, 6.07) is 5.92. The van der Waals surface area contributed by atoms with Gasteiger partial charge in [0.15, 0.2) is 0 Å². The molecular weight excluding hydrogens is 466 g/mol. The highest BCUT2D eigenvalue weighted by molar-refractivity contribution is 8.02. The number of amides is 3. The van der Waals surface area contributed by atoms with Crippen molar-refractivity contribution in [1.29, 1.82) is 0 Å². The van der Waals surface area contributed by atoms with E-state index in [1.54, 1.807) is 40.9 Å². The molecule has 0 saturated carbocycles. The van der Waals surface area contributed by atoms with E-state index in [9.17, 15) is 19.5 Å². The Labute approximate surface area is 211 Å². The predicted octanol–water partition coefficient (Wildman–Crippen LogP) is 2.66. The van der Waals surface area contributed by atoms with Gasteiger partial charge in [0.2, 0.25) is 17.7 Å². The van der Waals surface area contributed by atoms with Crippen LogP contribution in [0, 0.1) is 17.8 Å². The zero-order valence-corrected chi connectivity index (χ0v) is 21.9. The Morgan fingerprint density at radius 3 is 2.46 bits per heavy atom. The minimum atomic E-state index is -0.708. The number of hydrogen-bond acceptors (Lipinski definition) is 6. The van der Waals surface area contributed by atoms with E-state index in [1.165, 1.54) is 0 Å². The van der Waals surface area contributed by atoms with Crippen LogP contribution in [0.2, 0.25) is 0 Å². The predicted molar refractivity (Wildman–Crippen MR) is 136 cm³/mol. The van der Waals surface area contributed by atoms with Crippen molar-refractivity contribution in [3.8, 4) is 5.75 Å². The molecule has 192 valence electrons. The minimum Gasteiger partial charge on any atom is -0.494 e. The number of rotatable bonds is 9. The summed E-state index contributed by atoms with van der Waals surface area (Å²) >= 11 is 1.63. The number of likely N-dealkylation sites (tertiary alicyclic amines) is 1. The summed E-state index contributed by atoms with van der Waals surface area (Å²) in [5.74, 6) is -1.01. The highest BCUT2D eigenvalue weighted by Gasteiger charge is 2.74. The van der Waals surface area contributed by atoms with Crippen LogP contribution in [0.1, 0.15) is 47.5 Å². The molecule has 0 radical (unpaired) electrons. The van der Waals surface area contributed by atoms with Gasteiger partial charge in [-0.15, -0.1) is 11.8 Å². The molecule has 0 aliphatic carbocycles. The number of nitrogens with one attached hydrogen (secondary N) is 2. The normalized spacial score (nSPS) is 30.1. The van der Waals surface area contributed by atoms with E-state index in [-0.39, 0.29) is 41.5 Å². The summed E-state index contributed by atoms with van der Waals surface area (Å²) in [6.45, 7) is 9.92. The van der Waals surface area contributed by atoms with Crippen molar-refractivity contribution < 1.29 is 24.2 Å². The molecular formula is C26H37N3O5S. The fourth-order valence-electron chi connectivity index (χ4n) is 6.06. The van der Waals surface area contributed by atoms with Gasteiger partial charge in [0.1, 0.15) is 11.8 Å². The van der Waals surface area contributed by atoms with Crippen LogP contribution in [0.25, 0.3) is 0 Å². The quantitative estimate of drug-likeness (QED) is 0.478. The lowest BCUT2D eigenvalue weighted by Gasteiger charge is -2.38. The van der Waals surface area contributed by atoms with Gasteiger partial charge in [-0.1, -0.05) is 13.8 Å². The Balaban J connectivity index is 1.66. The molecule has 0 aromatic heterocycles. The Kier molecular flexibility index (Phi) is 7.38. The third kappa shape index (κ3) is 4.42. The van der Waals surface area contributed by atoms with Gasteiger partial charge in [-0.3, -0.25) is 14.4 Å². The number of aliphatic hydroxyl groups excluding tert-OH is 1. The van der Waals surface area contributed by atoms with Crippen molar-refractivity contribution in [2.75, 3.05) is 18.5 Å². The number of anilines is 1. The van der Waals surface area contributed by atoms with E-state index in [2.05, 4.69) is 10.6 Å². The molecule has 2 bridgehead atoms. The van der Waals surface area contributed by atoms with Crippen molar-refractivity contribution in [1.82, 2.24) is 10.2 Å². The first-order valence-corrected chi connectivity index (χ1v) is 13.5. The fraction of sp³-hybridized carbons (Fsp3) is 0.654. The number of ether oxygens (including phenoxy) is 1. The number of carbonyl (C=O) groups is 3. The number of carbonyl (C=O) groups excluding carboxylic acids is 3. The van der Waals surface area contributed by atoms with E-state index in [4.69, 9.17) is 4.74 Å². The van der Waals surface area contributed by atoms with Crippen LogP contribution in [0.4, 0.5) is 5.69 Å². The first-order chi connectivity index (χ1) is 16.6. The molecule has 3 heterocycles. The molecule has 3 saturated heterocycles. The lowest BCUT2D eigenvalue weighted by Crippen LogP contribution is -2.58. The van der Waals surface area contributed by atoms with E-state index in [1.807, 2.05) is 34.6 Å². The maximum Gasteiger partial charge on any atom is 0.244 e. The van der Waals surface area contributed by atoms with Crippen molar-refractivity contribution in [2.24, 2.45) is 17.8 Å². The summed E-state index contributed by atoms with van der Waals surface area (Å²) < 4.78 is 4.81. The van der Waals surface area contributed by atoms with Crippen molar-refractivity contribution in [2.45, 2.75) is 75.6 Å². The molecule has 3 aliphatic rings. The van der Waals surface area contributed by atoms with Crippen LogP contribution < -0.4 is 15.4 Å². The highest BCUT2D eigenvalue weighted by atomic mass is 32.2. The molecule has 6 atom stereocenters. The van der Waals surface area contributed by atoms with Crippen LogP contribution in [-0.4, -0.2) is 69.1 Å². The maximum atomic E-state index is 14.0. The molecule has 8 nitrogen and oxygen atoms in total. The largest absolute Gasteiger partial charge is 0.494 e. The zero-order chi connectivity index (χ0) is 25.5. The molecule has 3 amide bonds. The number of thioether (sulfide) groups is 1. The lowest BCUT2D eigenvalue weighted by atomic mass is 9.70. The molecule has 1 spiro atoms. The average Bonchev–Trinajstić information content (AvgIpc) is 3.43. The monoisotopic (exact) mass is 503 g/mol. The molecule has 1 aromatic carbocycles. The van der Waals surface area contributed by atoms with Crippen molar-refractivity contribution in [3.05, 3.63) is 24.3 Å². The minimum absolute atomic E-state index is 0.0187. The lowest BCUT2D eigenvalue weighted by molar-refractivity contribution is -0.143. The first kappa shape index (κ1) is 25.8. The smallest absolute Gasteiger partial charge is 0.244 e. The van der Waals surface area contributed by atoms with Crippen LogP contribution in [-0.2, 0) is 14.4 Å². The van der Waals surface area contributed by atoms with E-state index < -0.39 is 28.7 Å². The molecule has 3 N–H and O–H groups in total. The summed E-state index contributed by atoms with van der Waals surface area (Å²) in [5.41, 5.74) is 0.645. The van der Waals surface area contributed by atoms with Gasteiger partial charge in [-0.2, -0.15) is 0 Å². The van der Waals surface area contributed by atoms with Gasteiger partial charge in [0.25, 0.3) is 0 Å². The van der Waals surface area contributed by atoms with Crippen molar-refractivity contribution in [3.63, 3.8) is 0 Å². The molecule has 35 heavy (non-hydrogen) atoms. The van der Waals surface area contributed by atoms with Crippen molar-refractivity contribution >= 4 is 35.2 Å². The number of benzene rings is 1. The summed E-state index contributed by atoms with van der Waals surface area (Å²) in [7, 11) is 0. The van der Waals surface area contributed by atoms with E-state index in [0.717, 1.165) is 12.2 Å². The maximum absolute atomic E-state index is 14.0. The van der Waals surface area contributed by atoms with Gasteiger partial charge in [0, 0.05) is 17.0 Å². The van der Waals surface area contributed by atoms with Gasteiger partial charge >= 0.3 is 0 Å². The summed E-state index contributed by atoms with van der Waals surface area (Å²) in [6.07, 6.45) is 1.48. The second-order valence-corrected chi connectivity index (χ2v) is 12.0. The zero-order valence-electron chi connectivity index (χ0n) is 21.1. The molecule has 1 aromatic rings. The van der Waals surface area contributed by atoms with E-state index >= 15 is 0 Å².